The van der Waals surface area contributed by atoms with Gasteiger partial charge in [-0.1, -0.05) is 94.3 Å². The van der Waals surface area contributed by atoms with Gasteiger partial charge in [-0.25, -0.2) is 0 Å². The predicted octanol–water partition coefficient (Wildman–Crippen LogP) is 8.88. The lowest BCUT2D eigenvalue weighted by Crippen LogP contribution is -2.43. The maximum Gasteiger partial charge on any atom is 0.250 e. The molecule has 0 bridgehead atoms. The molecule has 3 N–H and O–H groups in total. The van der Waals surface area contributed by atoms with Gasteiger partial charge in [-0.2, -0.15) is 0 Å². The number of hydrogen-bond donors (Lipinski definition) is 2. The van der Waals surface area contributed by atoms with Crippen molar-refractivity contribution in [1.29, 1.82) is 0 Å². The number of benzene rings is 3. The number of aromatic hydroxyl groups is 1. The van der Waals surface area contributed by atoms with Gasteiger partial charge >= 0.3 is 0 Å². The summed E-state index contributed by atoms with van der Waals surface area (Å²) < 4.78 is 6.21. The van der Waals surface area contributed by atoms with Gasteiger partial charge in [0.05, 0.1) is 0 Å². The minimum Gasteiger partial charge on any atom is -0.543 e. The molecule has 0 aliphatic heterocycles. The van der Waals surface area contributed by atoms with E-state index in [0.29, 0.717) is 5.75 Å². The Morgan fingerprint density at radius 1 is 0.833 bits per heavy atom. The molecule has 1 unspecified atom stereocenters. The second-order valence-corrected chi connectivity index (χ2v) is 16.1. The standard InChI is InChI=1S/C18H23N.C14H24O2Si/c19-18(17-13-7-3-8-14-17)15-9-2-6-12-16-10-4-1-5-11-16;1-10-8-12(9-11(2)13(10)15)16-17(6,7)14(3,4)5/h1,3-5,7-8,10-11,13-14,18H,2,6,9,12,15,19H2;8-9,15H,1-7H3. The van der Waals surface area contributed by atoms with E-state index < -0.39 is 8.32 Å². The van der Waals surface area contributed by atoms with E-state index in [4.69, 9.17) is 10.2 Å². The van der Waals surface area contributed by atoms with Crippen molar-refractivity contribution in [1.82, 2.24) is 0 Å². The molecule has 0 amide bonds. The second-order valence-electron chi connectivity index (χ2n) is 11.4. The molecule has 0 aliphatic rings. The SMILES string of the molecule is Cc1cc(O[Si](C)(C)C(C)(C)C)cc(C)c1O.NC(CCCCCc1ccccc1)c1ccccc1. The molecule has 3 rings (SSSR count). The molecule has 0 aliphatic carbocycles. The van der Waals surface area contributed by atoms with Gasteiger partial charge in [0.2, 0.25) is 8.32 Å². The number of unbranched alkanes of at least 4 members (excludes halogenated alkanes) is 2. The van der Waals surface area contributed by atoms with Crippen LogP contribution in [0.25, 0.3) is 0 Å². The Morgan fingerprint density at radius 3 is 1.89 bits per heavy atom. The fraction of sp³-hybridized carbons (Fsp3) is 0.438. The summed E-state index contributed by atoms with van der Waals surface area (Å²) in [4.78, 5) is 0. The Morgan fingerprint density at radius 2 is 1.36 bits per heavy atom. The van der Waals surface area contributed by atoms with Crippen LogP contribution in [0.4, 0.5) is 0 Å². The molecule has 3 aromatic rings. The number of phenols is 1. The van der Waals surface area contributed by atoms with E-state index in [1.807, 2.05) is 32.0 Å². The third-order valence-corrected chi connectivity index (χ3v) is 11.6. The van der Waals surface area contributed by atoms with Crippen LogP contribution in [0.15, 0.2) is 72.8 Å². The zero-order valence-electron chi connectivity index (χ0n) is 23.5. The summed E-state index contributed by atoms with van der Waals surface area (Å²) in [6.45, 7) is 14.9. The smallest absolute Gasteiger partial charge is 0.250 e. The second kappa shape index (κ2) is 13.7. The van der Waals surface area contributed by atoms with Crippen molar-refractivity contribution in [2.24, 2.45) is 5.73 Å². The monoisotopic (exact) mass is 505 g/mol. The largest absolute Gasteiger partial charge is 0.543 e. The van der Waals surface area contributed by atoms with E-state index in [9.17, 15) is 5.11 Å². The van der Waals surface area contributed by atoms with E-state index in [-0.39, 0.29) is 11.1 Å². The van der Waals surface area contributed by atoms with Gasteiger partial charge in [-0.05, 0) is 85.6 Å². The molecule has 196 valence electrons. The van der Waals surface area contributed by atoms with Crippen LogP contribution in [0.1, 0.15) is 74.8 Å². The van der Waals surface area contributed by atoms with Gasteiger partial charge in [-0.3, -0.25) is 0 Å². The van der Waals surface area contributed by atoms with Gasteiger partial charge in [0.1, 0.15) is 11.5 Å². The highest BCUT2D eigenvalue weighted by Gasteiger charge is 2.39. The van der Waals surface area contributed by atoms with E-state index in [1.165, 1.54) is 36.8 Å². The van der Waals surface area contributed by atoms with E-state index >= 15 is 0 Å². The lowest BCUT2D eigenvalue weighted by atomic mass is 10.00. The normalized spacial score (nSPS) is 12.4. The zero-order chi connectivity index (χ0) is 26.8. The minimum atomic E-state index is -1.79. The van der Waals surface area contributed by atoms with E-state index in [2.05, 4.69) is 88.5 Å². The van der Waals surface area contributed by atoms with Crippen LogP contribution in [0.5, 0.6) is 11.5 Å². The number of nitrogens with two attached hydrogens (primary N) is 1. The molecule has 1 atom stereocenters. The van der Waals surface area contributed by atoms with Crippen molar-refractivity contribution in [3.05, 3.63) is 95.1 Å². The Kier molecular flexibility index (Phi) is 11.3. The first-order valence-corrected chi connectivity index (χ1v) is 16.1. The lowest BCUT2D eigenvalue weighted by molar-refractivity contribution is 0.460. The molecular formula is C32H47NO2Si. The minimum absolute atomic E-state index is 0.187. The molecule has 0 saturated heterocycles. The highest BCUT2D eigenvalue weighted by molar-refractivity contribution is 6.74. The number of phenolic OH excluding ortho intramolecular Hbond substituents is 1. The van der Waals surface area contributed by atoms with Gasteiger partial charge in [-0.15, -0.1) is 0 Å². The van der Waals surface area contributed by atoms with Crippen molar-refractivity contribution in [3.63, 3.8) is 0 Å². The Balaban J connectivity index is 0.000000255. The molecule has 0 aromatic heterocycles. The Bertz CT molecular complexity index is 1020. The number of hydrogen-bond acceptors (Lipinski definition) is 3. The molecule has 36 heavy (non-hydrogen) atoms. The quantitative estimate of drug-likeness (QED) is 0.225. The number of rotatable bonds is 9. The van der Waals surface area contributed by atoms with Crippen molar-refractivity contribution in [3.8, 4) is 11.5 Å². The van der Waals surface area contributed by atoms with Crippen molar-refractivity contribution < 1.29 is 9.53 Å². The van der Waals surface area contributed by atoms with E-state index in [1.54, 1.807) is 0 Å². The lowest BCUT2D eigenvalue weighted by Gasteiger charge is -2.36. The summed E-state index contributed by atoms with van der Waals surface area (Å²) in [5.41, 5.74) is 10.6. The summed E-state index contributed by atoms with van der Waals surface area (Å²) >= 11 is 0. The van der Waals surface area contributed by atoms with Gasteiger partial charge < -0.3 is 15.3 Å². The molecule has 0 heterocycles. The van der Waals surface area contributed by atoms with Crippen LogP contribution in [0.3, 0.4) is 0 Å². The Hall–Kier alpha value is -2.56. The maximum absolute atomic E-state index is 9.74. The summed E-state index contributed by atoms with van der Waals surface area (Å²) in [7, 11) is -1.79. The summed E-state index contributed by atoms with van der Waals surface area (Å²) in [6, 6.07) is 25.1. The van der Waals surface area contributed by atoms with Gasteiger partial charge in [0.15, 0.2) is 0 Å². The van der Waals surface area contributed by atoms with Crippen LogP contribution in [-0.2, 0) is 6.42 Å². The van der Waals surface area contributed by atoms with Crippen molar-refractivity contribution in [2.45, 2.75) is 90.9 Å². The Labute approximate surface area is 220 Å². The average molecular weight is 506 g/mol. The summed E-state index contributed by atoms with van der Waals surface area (Å²) in [6.07, 6.45) is 5.99. The molecule has 0 spiro atoms. The first kappa shape index (κ1) is 29.7. The fourth-order valence-corrected chi connectivity index (χ4v) is 4.82. The molecule has 3 aromatic carbocycles. The molecule has 3 nitrogen and oxygen atoms in total. The predicted molar refractivity (Wildman–Crippen MR) is 157 cm³/mol. The van der Waals surface area contributed by atoms with Gasteiger partial charge in [0.25, 0.3) is 0 Å². The van der Waals surface area contributed by atoms with Gasteiger partial charge in [0, 0.05) is 6.04 Å². The first-order chi connectivity index (χ1) is 16.9. The third-order valence-electron chi connectivity index (χ3n) is 7.19. The average Bonchev–Trinajstić information content (AvgIpc) is 2.83. The van der Waals surface area contributed by atoms with Crippen molar-refractivity contribution in [2.75, 3.05) is 0 Å². The zero-order valence-corrected chi connectivity index (χ0v) is 24.5. The highest BCUT2D eigenvalue weighted by Crippen LogP contribution is 2.38. The van der Waals surface area contributed by atoms with E-state index in [0.717, 1.165) is 23.3 Å². The topological polar surface area (TPSA) is 55.5 Å². The molecular weight excluding hydrogens is 458 g/mol. The fourth-order valence-electron chi connectivity index (χ4n) is 3.80. The number of aryl methyl sites for hydroxylation is 3. The van der Waals surface area contributed by atoms with Crippen molar-refractivity contribution >= 4 is 8.32 Å². The third kappa shape index (κ3) is 9.48. The van der Waals surface area contributed by atoms with Crippen LogP contribution < -0.4 is 10.2 Å². The van der Waals surface area contributed by atoms with Crippen LogP contribution >= 0.6 is 0 Å². The molecule has 4 heteroatoms. The maximum atomic E-state index is 9.74. The highest BCUT2D eigenvalue weighted by atomic mass is 28.4. The summed E-state index contributed by atoms with van der Waals surface area (Å²) in [5, 5.41) is 9.93. The molecule has 0 radical (unpaired) electrons. The van der Waals surface area contributed by atoms with Crippen LogP contribution in [0.2, 0.25) is 18.1 Å². The van der Waals surface area contributed by atoms with Crippen LogP contribution in [-0.4, -0.2) is 13.4 Å². The first-order valence-electron chi connectivity index (χ1n) is 13.2. The molecule has 0 saturated carbocycles. The summed E-state index contributed by atoms with van der Waals surface area (Å²) in [5.74, 6) is 1.25. The van der Waals surface area contributed by atoms with Crippen LogP contribution in [0, 0.1) is 13.8 Å². The molecule has 0 fully saturated rings.